The summed E-state index contributed by atoms with van der Waals surface area (Å²) in [7, 11) is 1.80. The molecule has 0 amide bonds. The molecular weight excluding hydrogens is 233 g/mol. The summed E-state index contributed by atoms with van der Waals surface area (Å²) < 4.78 is 18.3. The van der Waals surface area contributed by atoms with Gasteiger partial charge in [0.15, 0.2) is 0 Å². The van der Waals surface area contributed by atoms with Crippen LogP contribution in [0.15, 0.2) is 18.2 Å². The lowest BCUT2D eigenvalue weighted by molar-refractivity contribution is -0.148. The molecule has 100 valence electrons. The molecule has 0 aliphatic heterocycles. The number of esters is 1. The summed E-state index contributed by atoms with van der Waals surface area (Å²) in [6.45, 7) is 7.38. The molecule has 0 radical (unpaired) electrons. The Labute approximate surface area is 108 Å². The van der Waals surface area contributed by atoms with Crippen LogP contribution in [-0.4, -0.2) is 25.2 Å². The van der Waals surface area contributed by atoms with Crippen LogP contribution in [0.5, 0.6) is 0 Å². The first kappa shape index (κ1) is 14.5. The fraction of sp³-hybridized carbons (Fsp3) is 0.500. The molecule has 0 saturated heterocycles. The van der Waals surface area contributed by atoms with Crippen molar-refractivity contribution in [1.82, 2.24) is 0 Å². The quantitative estimate of drug-likeness (QED) is 0.773. The maximum absolute atomic E-state index is 13.2. The summed E-state index contributed by atoms with van der Waals surface area (Å²) in [6.07, 6.45) is 0. The largest absolute Gasteiger partial charge is 0.464 e. The lowest BCUT2D eigenvalue weighted by atomic mass is 10.0. The molecule has 0 bridgehead atoms. The number of carbonyl (C=O) groups excluding carboxylic acids is 1. The molecule has 3 nitrogen and oxygen atoms in total. The number of rotatable bonds is 4. The highest BCUT2D eigenvalue weighted by molar-refractivity contribution is 5.84. The van der Waals surface area contributed by atoms with Crippen molar-refractivity contribution in [3.05, 3.63) is 29.6 Å². The van der Waals surface area contributed by atoms with Crippen LogP contribution in [0.4, 0.5) is 10.1 Å². The van der Waals surface area contributed by atoms with Gasteiger partial charge in [0.05, 0.1) is 6.61 Å². The van der Waals surface area contributed by atoms with Crippen molar-refractivity contribution < 1.29 is 13.9 Å². The van der Waals surface area contributed by atoms with E-state index in [1.807, 2.05) is 0 Å². The zero-order chi connectivity index (χ0) is 13.9. The zero-order valence-corrected chi connectivity index (χ0v) is 11.6. The second kappa shape index (κ2) is 5.38. The van der Waals surface area contributed by atoms with E-state index < -0.39 is 5.54 Å². The second-order valence-electron chi connectivity index (χ2n) is 4.77. The first-order valence-electron chi connectivity index (χ1n) is 5.98. The van der Waals surface area contributed by atoms with Gasteiger partial charge in [0, 0.05) is 12.7 Å². The van der Waals surface area contributed by atoms with Gasteiger partial charge in [-0.2, -0.15) is 0 Å². The number of ether oxygens (including phenoxy) is 1. The third-order valence-corrected chi connectivity index (χ3v) is 3.14. The number of benzene rings is 1. The number of nitrogens with zero attached hydrogens (tertiary/aromatic N) is 1. The average molecular weight is 253 g/mol. The lowest BCUT2D eigenvalue weighted by Crippen LogP contribution is -2.49. The highest BCUT2D eigenvalue weighted by atomic mass is 19.1. The molecule has 0 unspecified atom stereocenters. The Morgan fingerprint density at radius 3 is 2.56 bits per heavy atom. The Balaban J connectivity index is 3.01. The first-order valence-corrected chi connectivity index (χ1v) is 5.98. The van der Waals surface area contributed by atoms with Crippen LogP contribution in [0.1, 0.15) is 26.3 Å². The third kappa shape index (κ3) is 2.81. The summed E-state index contributed by atoms with van der Waals surface area (Å²) in [5, 5.41) is 0. The van der Waals surface area contributed by atoms with Crippen LogP contribution in [0.3, 0.4) is 0 Å². The average Bonchev–Trinajstić information content (AvgIpc) is 2.32. The Bertz CT molecular complexity index is 443. The van der Waals surface area contributed by atoms with E-state index in [1.54, 1.807) is 51.8 Å². The minimum atomic E-state index is -0.791. The number of halogens is 1. The maximum Gasteiger partial charge on any atom is 0.331 e. The van der Waals surface area contributed by atoms with E-state index in [0.29, 0.717) is 12.2 Å². The van der Waals surface area contributed by atoms with Gasteiger partial charge in [-0.3, -0.25) is 0 Å². The van der Waals surface area contributed by atoms with E-state index in [-0.39, 0.29) is 11.8 Å². The summed E-state index contributed by atoms with van der Waals surface area (Å²) in [5.74, 6) is -0.546. The fourth-order valence-electron chi connectivity index (χ4n) is 1.60. The fourth-order valence-corrected chi connectivity index (χ4v) is 1.60. The normalized spacial score (nSPS) is 11.2. The van der Waals surface area contributed by atoms with Crippen molar-refractivity contribution in [2.45, 2.75) is 33.2 Å². The van der Waals surface area contributed by atoms with Gasteiger partial charge in [-0.15, -0.1) is 0 Å². The highest BCUT2D eigenvalue weighted by Gasteiger charge is 2.34. The molecule has 1 aromatic rings. The van der Waals surface area contributed by atoms with E-state index in [0.717, 1.165) is 5.69 Å². The zero-order valence-electron chi connectivity index (χ0n) is 11.6. The maximum atomic E-state index is 13.2. The summed E-state index contributed by atoms with van der Waals surface area (Å²) in [4.78, 5) is 13.7. The van der Waals surface area contributed by atoms with Crippen LogP contribution in [0.25, 0.3) is 0 Å². The molecule has 0 aliphatic rings. The van der Waals surface area contributed by atoms with E-state index in [9.17, 15) is 9.18 Å². The molecule has 0 heterocycles. The number of anilines is 1. The Morgan fingerprint density at radius 1 is 1.44 bits per heavy atom. The van der Waals surface area contributed by atoms with E-state index in [1.165, 1.54) is 6.07 Å². The minimum Gasteiger partial charge on any atom is -0.464 e. The SMILES string of the molecule is CCOC(=O)C(C)(C)N(C)c1ccc(F)c(C)c1. The van der Waals surface area contributed by atoms with Gasteiger partial charge in [-0.05, 0) is 51.5 Å². The van der Waals surface area contributed by atoms with Gasteiger partial charge in [0.1, 0.15) is 11.4 Å². The third-order valence-electron chi connectivity index (χ3n) is 3.14. The van der Waals surface area contributed by atoms with Crippen LogP contribution < -0.4 is 4.90 Å². The van der Waals surface area contributed by atoms with Gasteiger partial charge in [0.25, 0.3) is 0 Å². The van der Waals surface area contributed by atoms with Crippen molar-refractivity contribution in [3.63, 3.8) is 0 Å². The molecule has 0 atom stereocenters. The molecular formula is C14H20FNO2. The summed E-state index contributed by atoms with van der Waals surface area (Å²) >= 11 is 0. The van der Waals surface area contributed by atoms with Gasteiger partial charge in [-0.1, -0.05) is 0 Å². The smallest absolute Gasteiger partial charge is 0.331 e. The molecule has 0 saturated carbocycles. The standard InChI is InChI=1S/C14H20FNO2/c1-6-18-13(17)14(3,4)16(5)11-7-8-12(15)10(2)9-11/h7-9H,6H2,1-5H3. The van der Waals surface area contributed by atoms with Crippen LogP contribution in [-0.2, 0) is 9.53 Å². The topological polar surface area (TPSA) is 29.5 Å². The molecule has 1 aromatic carbocycles. The Hall–Kier alpha value is -1.58. The number of hydrogen-bond acceptors (Lipinski definition) is 3. The van der Waals surface area contributed by atoms with E-state index in [4.69, 9.17) is 4.74 Å². The monoisotopic (exact) mass is 253 g/mol. The molecule has 4 heteroatoms. The molecule has 0 aromatic heterocycles. The van der Waals surface area contributed by atoms with Crippen LogP contribution in [0.2, 0.25) is 0 Å². The van der Waals surface area contributed by atoms with Crippen molar-refractivity contribution in [1.29, 1.82) is 0 Å². The molecule has 0 spiro atoms. The van der Waals surface area contributed by atoms with E-state index >= 15 is 0 Å². The molecule has 18 heavy (non-hydrogen) atoms. The first-order chi connectivity index (χ1) is 8.30. The number of hydrogen-bond donors (Lipinski definition) is 0. The van der Waals surface area contributed by atoms with Crippen LogP contribution >= 0.6 is 0 Å². The summed E-state index contributed by atoms with van der Waals surface area (Å²) in [6, 6.07) is 4.78. The molecule has 0 aliphatic carbocycles. The Morgan fingerprint density at radius 2 is 2.06 bits per heavy atom. The molecule has 0 N–H and O–H groups in total. The number of carbonyl (C=O) groups is 1. The van der Waals surface area contributed by atoms with Gasteiger partial charge >= 0.3 is 5.97 Å². The molecule has 1 rings (SSSR count). The van der Waals surface area contributed by atoms with Crippen LogP contribution in [0, 0.1) is 12.7 Å². The van der Waals surface area contributed by atoms with Gasteiger partial charge < -0.3 is 9.64 Å². The number of aryl methyl sites for hydroxylation is 1. The van der Waals surface area contributed by atoms with Crippen molar-refractivity contribution in [3.8, 4) is 0 Å². The highest BCUT2D eigenvalue weighted by Crippen LogP contribution is 2.25. The lowest BCUT2D eigenvalue weighted by Gasteiger charge is -2.35. The van der Waals surface area contributed by atoms with E-state index in [2.05, 4.69) is 0 Å². The predicted octanol–water partition coefficient (Wildman–Crippen LogP) is 2.91. The predicted molar refractivity (Wildman–Crippen MR) is 70.3 cm³/mol. The van der Waals surface area contributed by atoms with Gasteiger partial charge in [0.2, 0.25) is 0 Å². The molecule has 0 fully saturated rings. The second-order valence-corrected chi connectivity index (χ2v) is 4.77. The summed E-state index contributed by atoms with van der Waals surface area (Å²) in [5.41, 5.74) is 0.547. The number of likely N-dealkylation sites (N-methyl/N-ethyl adjacent to an activating group) is 1. The minimum absolute atomic E-state index is 0.249. The van der Waals surface area contributed by atoms with Crippen molar-refractivity contribution in [2.24, 2.45) is 0 Å². The van der Waals surface area contributed by atoms with Gasteiger partial charge in [-0.25, -0.2) is 9.18 Å². The Kier molecular flexibility index (Phi) is 4.33. The van der Waals surface area contributed by atoms with Crippen molar-refractivity contribution >= 4 is 11.7 Å². The van der Waals surface area contributed by atoms with Crippen molar-refractivity contribution in [2.75, 3.05) is 18.6 Å².